The van der Waals surface area contributed by atoms with Gasteiger partial charge in [-0.1, -0.05) is 18.2 Å². The van der Waals surface area contributed by atoms with E-state index in [-0.39, 0.29) is 5.97 Å². The molecule has 0 bridgehead atoms. The molecule has 2 heterocycles. The normalized spacial score (nSPS) is 14.5. The summed E-state index contributed by atoms with van der Waals surface area (Å²) in [5, 5.41) is 3.86. The van der Waals surface area contributed by atoms with Crippen molar-refractivity contribution in [3.8, 4) is 0 Å². The quantitative estimate of drug-likeness (QED) is 0.662. The minimum absolute atomic E-state index is 0.157. The lowest BCUT2D eigenvalue weighted by molar-refractivity contribution is -0.136. The van der Waals surface area contributed by atoms with Gasteiger partial charge in [0.05, 0.1) is 12.8 Å². The highest BCUT2D eigenvalue weighted by atomic mass is 16.6. The van der Waals surface area contributed by atoms with Gasteiger partial charge in [0.1, 0.15) is 12.3 Å². The molecule has 0 atom stereocenters. The van der Waals surface area contributed by atoms with Crippen LogP contribution in [0.4, 0.5) is 0 Å². The number of cyclic esters (lactones) is 1. The number of ether oxygens (including phenoxy) is 1. The smallest absolute Gasteiger partial charge is 0.321 e. The van der Waals surface area contributed by atoms with Gasteiger partial charge in [-0.05, 0) is 12.1 Å². The van der Waals surface area contributed by atoms with Crippen LogP contribution < -0.4 is 5.32 Å². The number of benzene rings is 1. The highest BCUT2D eigenvalue weighted by molar-refractivity contribution is 5.76. The number of fused-ring (bicyclic) bond motifs is 1. The van der Waals surface area contributed by atoms with Crippen LogP contribution in [0.1, 0.15) is 0 Å². The Morgan fingerprint density at radius 3 is 2.67 bits per heavy atom. The van der Waals surface area contributed by atoms with Crippen molar-refractivity contribution in [1.29, 1.82) is 0 Å². The lowest BCUT2D eigenvalue weighted by Gasteiger charge is -1.81. The standard InChI is InChI=1S/C8H6O.C3H5NO2/c1-2-4-8-7(3-1)5-6-9-8;5-3-1-4-2-6-3/h1-6H;4H,1-2H2. The van der Waals surface area contributed by atoms with Gasteiger partial charge in [0.2, 0.25) is 0 Å². The third-order valence-electron chi connectivity index (χ3n) is 1.97. The number of furan rings is 1. The second-order valence-electron chi connectivity index (χ2n) is 3.05. The molecular weight excluding hydrogens is 194 g/mol. The Labute approximate surface area is 86.8 Å². The van der Waals surface area contributed by atoms with Crippen molar-refractivity contribution in [3.63, 3.8) is 0 Å². The zero-order chi connectivity index (χ0) is 10.5. The van der Waals surface area contributed by atoms with Crippen molar-refractivity contribution in [2.45, 2.75) is 0 Å². The molecule has 0 unspecified atom stereocenters. The molecule has 0 amide bonds. The molecule has 0 spiro atoms. The first-order valence-electron chi connectivity index (χ1n) is 4.65. The Hall–Kier alpha value is -1.81. The van der Waals surface area contributed by atoms with Gasteiger partial charge in [-0.15, -0.1) is 0 Å². The number of carbonyl (C=O) groups is 1. The summed E-state index contributed by atoms with van der Waals surface area (Å²) in [6.45, 7) is 0.763. The average molecular weight is 205 g/mol. The topological polar surface area (TPSA) is 51.5 Å². The third-order valence-corrected chi connectivity index (χ3v) is 1.97. The van der Waals surface area contributed by atoms with Crippen LogP contribution in [0.15, 0.2) is 41.0 Å². The fraction of sp³-hybridized carbons (Fsp3) is 0.182. The van der Waals surface area contributed by atoms with Crippen LogP contribution in [0.5, 0.6) is 0 Å². The number of carbonyl (C=O) groups excluding carboxylic acids is 1. The second kappa shape index (κ2) is 4.61. The van der Waals surface area contributed by atoms with E-state index >= 15 is 0 Å². The first-order valence-corrected chi connectivity index (χ1v) is 4.65. The molecule has 1 aliphatic rings. The molecule has 2 aromatic rings. The van der Waals surface area contributed by atoms with Gasteiger partial charge in [-0.25, -0.2) is 0 Å². The minimum atomic E-state index is -0.157. The van der Waals surface area contributed by atoms with Gasteiger partial charge >= 0.3 is 5.97 Å². The van der Waals surface area contributed by atoms with Crippen LogP contribution in [0.3, 0.4) is 0 Å². The molecule has 3 rings (SSSR count). The zero-order valence-corrected chi connectivity index (χ0v) is 8.10. The molecule has 78 valence electrons. The van der Waals surface area contributed by atoms with E-state index in [4.69, 9.17) is 4.42 Å². The Balaban J connectivity index is 0.000000124. The van der Waals surface area contributed by atoms with E-state index in [2.05, 4.69) is 10.1 Å². The summed E-state index contributed by atoms with van der Waals surface area (Å²) in [4.78, 5) is 9.96. The summed E-state index contributed by atoms with van der Waals surface area (Å²) >= 11 is 0. The van der Waals surface area contributed by atoms with Gasteiger partial charge in [0, 0.05) is 5.39 Å². The van der Waals surface area contributed by atoms with Crippen LogP contribution in [0.2, 0.25) is 0 Å². The fourth-order valence-corrected chi connectivity index (χ4v) is 1.24. The Bertz CT molecular complexity index is 412. The summed E-state index contributed by atoms with van der Waals surface area (Å²) in [6.07, 6.45) is 1.70. The van der Waals surface area contributed by atoms with E-state index in [1.165, 1.54) is 0 Å². The average Bonchev–Trinajstić information content (AvgIpc) is 2.88. The SMILES string of the molecule is O=C1CNCO1.c1ccc2occc2c1. The maximum atomic E-state index is 9.96. The molecule has 1 aromatic heterocycles. The molecule has 1 N–H and O–H groups in total. The molecule has 1 fully saturated rings. The molecule has 0 radical (unpaired) electrons. The monoisotopic (exact) mass is 205 g/mol. The maximum absolute atomic E-state index is 9.96. The number of esters is 1. The predicted octanol–water partition coefficient (Wildman–Crippen LogP) is 1.52. The summed E-state index contributed by atoms with van der Waals surface area (Å²) in [7, 11) is 0. The minimum Gasteiger partial charge on any atom is -0.464 e. The highest BCUT2D eigenvalue weighted by Gasteiger charge is 2.06. The molecule has 1 saturated heterocycles. The van der Waals surface area contributed by atoms with Crippen molar-refractivity contribution < 1.29 is 13.9 Å². The Morgan fingerprint density at radius 1 is 1.20 bits per heavy atom. The van der Waals surface area contributed by atoms with E-state index in [1.807, 2.05) is 30.3 Å². The number of nitrogens with one attached hydrogen (secondary N) is 1. The first kappa shape index (κ1) is 9.73. The van der Waals surface area contributed by atoms with Crippen LogP contribution >= 0.6 is 0 Å². The summed E-state index contributed by atoms with van der Waals surface area (Å²) < 4.78 is 9.52. The van der Waals surface area contributed by atoms with Crippen LogP contribution in [0.25, 0.3) is 11.0 Å². The van der Waals surface area contributed by atoms with E-state index in [0.29, 0.717) is 13.3 Å². The van der Waals surface area contributed by atoms with Gasteiger partial charge in [-0.2, -0.15) is 0 Å². The molecule has 0 aliphatic carbocycles. The van der Waals surface area contributed by atoms with Crippen molar-refractivity contribution in [2.24, 2.45) is 0 Å². The zero-order valence-electron chi connectivity index (χ0n) is 8.10. The number of hydrogen-bond acceptors (Lipinski definition) is 4. The summed E-state index contributed by atoms with van der Waals surface area (Å²) in [5.74, 6) is -0.157. The first-order chi connectivity index (χ1) is 7.36. The molecule has 0 saturated carbocycles. The van der Waals surface area contributed by atoms with Gasteiger partial charge in [0.25, 0.3) is 0 Å². The van der Waals surface area contributed by atoms with E-state index in [0.717, 1.165) is 11.0 Å². The number of para-hydroxylation sites is 1. The van der Waals surface area contributed by atoms with Crippen LogP contribution in [0, 0.1) is 0 Å². The van der Waals surface area contributed by atoms with Crippen molar-refractivity contribution in [3.05, 3.63) is 36.6 Å². The lowest BCUT2D eigenvalue weighted by Crippen LogP contribution is -2.07. The van der Waals surface area contributed by atoms with Crippen molar-refractivity contribution in [2.75, 3.05) is 13.3 Å². The molecule has 4 heteroatoms. The molecule has 4 nitrogen and oxygen atoms in total. The van der Waals surface area contributed by atoms with Crippen LogP contribution in [-0.4, -0.2) is 19.2 Å². The summed E-state index contributed by atoms with van der Waals surface area (Å²) in [6, 6.07) is 9.90. The third kappa shape index (κ3) is 2.57. The Kier molecular flexibility index (Phi) is 2.99. The van der Waals surface area contributed by atoms with E-state index in [1.54, 1.807) is 6.26 Å². The maximum Gasteiger partial charge on any atom is 0.321 e. The summed E-state index contributed by atoms with van der Waals surface area (Å²) in [5.41, 5.74) is 0.956. The lowest BCUT2D eigenvalue weighted by atomic mass is 10.3. The Morgan fingerprint density at radius 2 is 2.07 bits per heavy atom. The van der Waals surface area contributed by atoms with Crippen molar-refractivity contribution >= 4 is 16.9 Å². The highest BCUT2D eigenvalue weighted by Crippen LogP contribution is 2.12. The molecular formula is C11H11NO3. The van der Waals surface area contributed by atoms with Crippen LogP contribution in [-0.2, 0) is 9.53 Å². The molecule has 15 heavy (non-hydrogen) atoms. The van der Waals surface area contributed by atoms with E-state index < -0.39 is 0 Å². The number of rotatable bonds is 0. The second-order valence-corrected chi connectivity index (χ2v) is 3.05. The molecule has 1 aromatic carbocycles. The molecule has 1 aliphatic heterocycles. The van der Waals surface area contributed by atoms with E-state index in [9.17, 15) is 4.79 Å². The van der Waals surface area contributed by atoms with Gasteiger partial charge in [0.15, 0.2) is 0 Å². The fourth-order valence-electron chi connectivity index (χ4n) is 1.24. The van der Waals surface area contributed by atoms with Gasteiger partial charge < -0.3 is 9.15 Å². The van der Waals surface area contributed by atoms with Gasteiger partial charge in [-0.3, -0.25) is 10.1 Å². The largest absolute Gasteiger partial charge is 0.464 e. The number of hydrogen-bond donors (Lipinski definition) is 1. The van der Waals surface area contributed by atoms with Crippen molar-refractivity contribution in [1.82, 2.24) is 5.32 Å². The predicted molar refractivity (Wildman–Crippen MR) is 55.2 cm³/mol.